The van der Waals surface area contributed by atoms with E-state index in [1.54, 1.807) is 30.1 Å². The van der Waals surface area contributed by atoms with Crippen molar-refractivity contribution in [1.82, 2.24) is 34.0 Å². The molecule has 0 saturated heterocycles. The van der Waals surface area contributed by atoms with E-state index in [1.807, 2.05) is 50.0 Å². The van der Waals surface area contributed by atoms with Gasteiger partial charge in [-0.1, -0.05) is 17.7 Å². The second-order valence-corrected chi connectivity index (χ2v) is 12.2. The molecule has 43 heavy (non-hydrogen) atoms. The average Bonchev–Trinajstić information content (AvgIpc) is 3.35. The summed E-state index contributed by atoms with van der Waals surface area (Å²) in [6.45, 7) is 3.70. The highest BCUT2D eigenvalue weighted by molar-refractivity contribution is 7.89. The third-order valence-electron chi connectivity index (χ3n) is 6.54. The number of amides is 1. The maximum atomic E-state index is 13.6. The van der Waals surface area contributed by atoms with E-state index in [9.17, 15) is 18.0 Å². The molecule has 0 aliphatic heterocycles. The van der Waals surface area contributed by atoms with E-state index in [0.29, 0.717) is 39.5 Å². The lowest BCUT2D eigenvalue weighted by atomic mass is 10.0. The van der Waals surface area contributed by atoms with E-state index < -0.39 is 22.0 Å². The second-order valence-electron chi connectivity index (χ2n) is 10.1. The molecule has 0 aliphatic rings. The van der Waals surface area contributed by atoms with Crippen LogP contribution in [0.5, 0.6) is 0 Å². The quantitative estimate of drug-likeness (QED) is 0.217. The molecule has 13 nitrogen and oxygen atoms in total. The van der Waals surface area contributed by atoms with E-state index >= 15 is 0 Å². The Hall–Kier alpha value is -4.82. The molecule has 5 rings (SSSR count). The minimum absolute atomic E-state index is 0.0162. The summed E-state index contributed by atoms with van der Waals surface area (Å²) in [6.07, 6.45) is 4.31. The predicted octanol–water partition coefficient (Wildman–Crippen LogP) is 3.69. The van der Waals surface area contributed by atoms with Crippen molar-refractivity contribution < 1.29 is 13.2 Å². The van der Waals surface area contributed by atoms with Crippen molar-refractivity contribution in [2.45, 2.75) is 19.9 Å². The van der Waals surface area contributed by atoms with Gasteiger partial charge in [0.15, 0.2) is 11.5 Å². The minimum atomic E-state index is -3.84. The number of pyridine rings is 2. The Balaban J connectivity index is 1.54. The molecule has 222 valence electrons. The number of anilines is 3. The van der Waals surface area contributed by atoms with E-state index in [4.69, 9.17) is 16.6 Å². The number of fused-ring (bicyclic) bond motifs is 1. The second kappa shape index (κ2) is 11.5. The number of hydrogen-bond acceptors (Lipinski definition) is 10. The van der Waals surface area contributed by atoms with Crippen molar-refractivity contribution in [1.29, 1.82) is 0 Å². The molecular formula is C28H28ClN9O4S. The fraction of sp³-hybridized carbons (Fsp3) is 0.214. The van der Waals surface area contributed by atoms with Gasteiger partial charge in [0.1, 0.15) is 16.8 Å². The van der Waals surface area contributed by atoms with E-state index in [0.717, 1.165) is 11.8 Å². The van der Waals surface area contributed by atoms with Gasteiger partial charge in [-0.3, -0.25) is 18.8 Å². The molecule has 0 bridgehead atoms. The Kier molecular flexibility index (Phi) is 7.90. The third-order valence-corrected chi connectivity index (χ3v) is 7.31. The Morgan fingerprint density at radius 1 is 1.05 bits per heavy atom. The normalized spacial score (nSPS) is 12.2. The summed E-state index contributed by atoms with van der Waals surface area (Å²) < 4.78 is 28.4. The molecule has 1 amide bonds. The fourth-order valence-electron chi connectivity index (χ4n) is 4.61. The first kappa shape index (κ1) is 29.7. The Bertz CT molecular complexity index is 2040. The standard InChI is InChI=1S/C28H28ClN9O4S/c1-15-12-18(16(2)31-20-7-8-21(29)32-25(20)27(39)36-43(5,41)42)24-19(13-15)28(40)38(4)26(34-24)17-6-9-22(30-14-17)33-23-10-11-37(3)35-23/h6-14,16,31H,1-5H3,(H,36,39)(H,30,33,35)/t16-/m1/s1. The summed E-state index contributed by atoms with van der Waals surface area (Å²) in [7, 11) is -0.372. The molecule has 4 heterocycles. The Morgan fingerprint density at radius 3 is 2.47 bits per heavy atom. The SMILES string of the molecule is Cc1cc([C@@H](C)Nc2ccc(Cl)nc2C(=O)NS(C)(=O)=O)c2nc(-c3ccc(Nc4ccn(C)n4)nc3)n(C)c(=O)c2c1. The molecule has 3 N–H and O–H groups in total. The van der Waals surface area contributed by atoms with Gasteiger partial charge in [-0.05, 0) is 49.7 Å². The van der Waals surface area contributed by atoms with Crippen LogP contribution in [0.1, 0.15) is 34.6 Å². The zero-order valence-corrected chi connectivity index (χ0v) is 25.4. The van der Waals surface area contributed by atoms with Crippen LogP contribution in [-0.2, 0) is 24.1 Å². The summed E-state index contributed by atoms with van der Waals surface area (Å²) in [6, 6.07) is 11.6. The van der Waals surface area contributed by atoms with Gasteiger partial charge in [0.25, 0.3) is 11.5 Å². The van der Waals surface area contributed by atoms with Gasteiger partial charge in [-0.25, -0.2) is 28.1 Å². The lowest BCUT2D eigenvalue weighted by molar-refractivity contribution is 0.0977. The number of carbonyl (C=O) groups excluding carboxylic acids is 1. The molecule has 1 atom stereocenters. The molecule has 0 saturated carbocycles. The molecular weight excluding hydrogens is 594 g/mol. The summed E-state index contributed by atoms with van der Waals surface area (Å²) in [5.41, 5.74) is 2.41. The number of nitrogens with one attached hydrogen (secondary N) is 3. The summed E-state index contributed by atoms with van der Waals surface area (Å²) >= 11 is 6.02. The topological polar surface area (TPSA) is 166 Å². The van der Waals surface area contributed by atoms with Gasteiger partial charge in [0.2, 0.25) is 10.0 Å². The van der Waals surface area contributed by atoms with Crippen LogP contribution < -0.4 is 20.9 Å². The van der Waals surface area contributed by atoms with Crippen molar-refractivity contribution in [3.8, 4) is 11.4 Å². The largest absolute Gasteiger partial charge is 0.377 e. The minimum Gasteiger partial charge on any atom is -0.377 e. The van der Waals surface area contributed by atoms with Crippen LogP contribution in [0.4, 0.5) is 17.3 Å². The van der Waals surface area contributed by atoms with Gasteiger partial charge in [-0.2, -0.15) is 5.10 Å². The van der Waals surface area contributed by atoms with E-state index in [2.05, 4.69) is 25.7 Å². The van der Waals surface area contributed by atoms with Crippen molar-refractivity contribution in [3.05, 3.63) is 87.2 Å². The first-order valence-corrected chi connectivity index (χ1v) is 15.3. The maximum absolute atomic E-state index is 13.6. The molecule has 0 unspecified atom stereocenters. The number of aryl methyl sites for hydroxylation is 2. The number of rotatable bonds is 8. The van der Waals surface area contributed by atoms with Crippen molar-refractivity contribution in [2.75, 3.05) is 16.9 Å². The number of sulfonamides is 1. The summed E-state index contributed by atoms with van der Waals surface area (Å²) in [5, 5.41) is 11.1. The van der Waals surface area contributed by atoms with E-state index in [-0.39, 0.29) is 22.1 Å². The lowest BCUT2D eigenvalue weighted by Crippen LogP contribution is -2.31. The first-order chi connectivity index (χ1) is 20.3. The molecule has 5 aromatic rings. The molecule has 0 spiro atoms. The van der Waals surface area contributed by atoms with Crippen molar-refractivity contribution in [3.63, 3.8) is 0 Å². The highest BCUT2D eigenvalue weighted by atomic mass is 35.5. The number of halogens is 1. The molecule has 1 aromatic carbocycles. The Morgan fingerprint density at radius 2 is 1.81 bits per heavy atom. The highest BCUT2D eigenvalue weighted by Gasteiger charge is 2.22. The lowest BCUT2D eigenvalue weighted by Gasteiger charge is -2.20. The fourth-order valence-corrected chi connectivity index (χ4v) is 5.19. The Labute approximate surface area is 252 Å². The van der Waals surface area contributed by atoms with Crippen LogP contribution in [-0.4, -0.2) is 49.9 Å². The van der Waals surface area contributed by atoms with E-state index in [1.165, 1.54) is 16.7 Å². The molecule has 0 radical (unpaired) electrons. The smallest absolute Gasteiger partial charge is 0.285 e. The highest BCUT2D eigenvalue weighted by Crippen LogP contribution is 2.29. The zero-order valence-electron chi connectivity index (χ0n) is 23.9. The number of aromatic nitrogens is 6. The molecule has 0 fully saturated rings. The van der Waals surface area contributed by atoms with Crippen LogP contribution in [0, 0.1) is 6.92 Å². The zero-order chi connectivity index (χ0) is 31.1. The summed E-state index contributed by atoms with van der Waals surface area (Å²) in [5.74, 6) is 0.701. The first-order valence-electron chi connectivity index (χ1n) is 13.0. The third kappa shape index (κ3) is 6.49. The molecule has 0 aliphatic carbocycles. The average molecular weight is 622 g/mol. The van der Waals surface area contributed by atoms with Crippen molar-refractivity contribution in [2.24, 2.45) is 14.1 Å². The summed E-state index contributed by atoms with van der Waals surface area (Å²) in [4.78, 5) is 39.7. The monoisotopic (exact) mass is 621 g/mol. The molecule has 4 aromatic heterocycles. The van der Waals surface area contributed by atoms with Gasteiger partial charge in [-0.15, -0.1) is 0 Å². The number of benzene rings is 1. The predicted molar refractivity (Wildman–Crippen MR) is 165 cm³/mol. The van der Waals surface area contributed by atoms with Gasteiger partial charge < -0.3 is 10.6 Å². The number of nitrogens with zero attached hydrogens (tertiary/aromatic N) is 6. The van der Waals surface area contributed by atoms with Gasteiger partial charge in [0, 0.05) is 43.7 Å². The van der Waals surface area contributed by atoms with Crippen LogP contribution in [0.25, 0.3) is 22.3 Å². The number of carbonyl (C=O) groups is 1. The van der Waals surface area contributed by atoms with Crippen LogP contribution in [0.3, 0.4) is 0 Å². The van der Waals surface area contributed by atoms with Crippen LogP contribution in [0.15, 0.2) is 59.7 Å². The van der Waals surface area contributed by atoms with Crippen LogP contribution in [0.2, 0.25) is 5.15 Å². The van der Waals surface area contributed by atoms with Crippen LogP contribution >= 0.6 is 11.6 Å². The van der Waals surface area contributed by atoms with Crippen molar-refractivity contribution >= 4 is 55.8 Å². The maximum Gasteiger partial charge on any atom is 0.285 e. The number of hydrogen-bond donors (Lipinski definition) is 3. The van der Waals surface area contributed by atoms with Gasteiger partial charge in [0.05, 0.1) is 28.9 Å². The van der Waals surface area contributed by atoms with Gasteiger partial charge >= 0.3 is 0 Å². The molecule has 15 heteroatoms.